The molecule has 6 nitrogen and oxygen atoms in total. The monoisotopic (exact) mass is 402 g/mol. The molecule has 0 saturated carbocycles. The number of piperidine rings is 1. The van der Waals surface area contributed by atoms with Crippen LogP contribution < -0.4 is 5.32 Å². The normalized spacial score (nSPS) is 16.7. The molecule has 0 radical (unpaired) electrons. The van der Waals surface area contributed by atoms with Gasteiger partial charge in [0.2, 0.25) is 10.0 Å². The van der Waals surface area contributed by atoms with E-state index in [1.807, 2.05) is 25.1 Å². The number of anilines is 1. The lowest BCUT2D eigenvalue weighted by Gasteiger charge is -2.31. The fourth-order valence-electron chi connectivity index (χ4n) is 3.51. The highest BCUT2D eigenvalue weighted by molar-refractivity contribution is 7.88. The van der Waals surface area contributed by atoms with Crippen molar-refractivity contribution in [2.75, 3.05) is 24.7 Å². The molecule has 0 spiro atoms. The van der Waals surface area contributed by atoms with Crippen molar-refractivity contribution in [3.8, 4) is 11.1 Å². The van der Waals surface area contributed by atoms with Crippen molar-refractivity contribution in [2.45, 2.75) is 25.8 Å². The second kappa shape index (κ2) is 7.18. The van der Waals surface area contributed by atoms with Gasteiger partial charge in [-0.3, -0.25) is 0 Å². The van der Waals surface area contributed by atoms with Gasteiger partial charge in [0.1, 0.15) is 16.5 Å². The summed E-state index contributed by atoms with van der Waals surface area (Å²) in [6.07, 6.45) is 2.81. The Hall–Kier alpha value is -2.03. The van der Waals surface area contributed by atoms with E-state index in [1.165, 1.54) is 6.26 Å². The van der Waals surface area contributed by atoms with Crippen LogP contribution in [0.5, 0.6) is 0 Å². The van der Waals surface area contributed by atoms with Crippen LogP contribution >= 0.6 is 11.3 Å². The smallest absolute Gasteiger partial charge is 0.211 e. The molecule has 1 N–H and O–H groups in total. The van der Waals surface area contributed by atoms with Gasteiger partial charge < -0.3 is 5.32 Å². The third kappa shape index (κ3) is 3.83. The van der Waals surface area contributed by atoms with Crippen LogP contribution in [0.25, 0.3) is 21.3 Å². The number of rotatable bonds is 4. The fourth-order valence-corrected chi connectivity index (χ4v) is 5.38. The zero-order valence-corrected chi connectivity index (χ0v) is 17.0. The fraction of sp³-hybridized carbons (Fsp3) is 0.368. The Morgan fingerprint density at radius 1 is 1.15 bits per heavy atom. The van der Waals surface area contributed by atoms with E-state index in [0.717, 1.165) is 45.8 Å². The summed E-state index contributed by atoms with van der Waals surface area (Å²) in [5, 5.41) is 6.74. The lowest BCUT2D eigenvalue weighted by molar-refractivity contribution is 0.331. The number of hydrogen-bond donors (Lipinski definition) is 1. The Morgan fingerprint density at radius 2 is 1.85 bits per heavy atom. The minimum Gasteiger partial charge on any atom is -0.367 e. The summed E-state index contributed by atoms with van der Waals surface area (Å²) in [6, 6.07) is 10.5. The van der Waals surface area contributed by atoms with E-state index in [4.69, 9.17) is 0 Å². The highest BCUT2D eigenvalue weighted by Crippen LogP contribution is 2.37. The van der Waals surface area contributed by atoms with Gasteiger partial charge in [-0.2, -0.15) is 0 Å². The van der Waals surface area contributed by atoms with Crippen molar-refractivity contribution in [3.05, 3.63) is 41.5 Å². The SMILES string of the molecule is Cc1nc(NC2CCN(S(C)(=O)=O)CC2)c2c(-c3ccccc3)csc2n1. The molecule has 2 aromatic heterocycles. The number of aromatic nitrogens is 2. The van der Waals surface area contributed by atoms with E-state index in [2.05, 4.69) is 32.8 Å². The molecule has 0 bridgehead atoms. The van der Waals surface area contributed by atoms with E-state index >= 15 is 0 Å². The molecular weight excluding hydrogens is 380 g/mol. The summed E-state index contributed by atoms with van der Waals surface area (Å²) in [7, 11) is -3.12. The Kier molecular flexibility index (Phi) is 4.88. The topological polar surface area (TPSA) is 75.2 Å². The second-order valence-corrected chi connectivity index (χ2v) is 9.74. The Balaban J connectivity index is 1.65. The minimum absolute atomic E-state index is 0.198. The second-order valence-electron chi connectivity index (χ2n) is 6.90. The summed E-state index contributed by atoms with van der Waals surface area (Å²) < 4.78 is 25.0. The zero-order chi connectivity index (χ0) is 19.0. The van der Waals surface area contributed by atoms with Crippen molar-refractivity contribution in [3.63, 3.8) is 0 Å². The maximum Gasteiger partial charge on any atom is 0.211 e. The Bertz CT molecular complexity index is 1060. The van der Waals surface area contributed by atoms with E-state index < -0.39 is 10.0 Å². The molecule has 3 aromatic rings. The van der Waals surface area contributed by atoms with Crippen LogP contribution in [0.15, 0.2) is 35.7 Å². The van der Waals surface area contributed by atoms with Crippen LogP contribution in [0.3, 0.4) is 0 Å². The van der Waals surface area contributed by atoms with E-state index in [0.29, 0.717) is 13.1 Å². The summed E-state index contributed by atoms with van der Waals surface area (Å²) in [4.78, 5) is 10.2. The number of sulfonamides is 1. The molecule has 0 aliphatic carbocycles. The Morgan fingerprint density at radius 3 is 2.52 bits per heavy atom. The predicted molar refractivity (Wildman–Crippen MR) is 111 cm³/mol. The van der Waals surface area contributed by atoms with Gasteiger partial charge in [-0.1, -0.05) is 30.3 Å². The van der Waals surface area contributed by atoms with Crippen LogP contribution in [0.2, 0.25) is 0 Å². The van der Waals surface area contributed by atoms with Crippen LogP contribution in [0.4, 0.5) is 5.82 Å². The number of benzene rings is 1. The van der Waals surface area contributed by atoms with Crippen molar-refractivity contribution in [1.82, 2.24) is 14.3 Å². The first-order chi connectivity index (χ1) is 12.9. The predicted octanol–water partition coefficient (Wildman–Crippen LogP) is 3.50. The maximum atomic E-state index is 11.7. The quantitative estimate of drug-likeness (QED) is 0.723. The third-order valence-electron chi connectivity index (χ3n) is 4.89. The van der Waals surface area contributed by atoms with Gasteiger partial charge in [-0.25, -0.2) is 22.7 Å². The largest absolute Gasteiger partial charge is 0.367 e. The molecule has 1 aliphatic heterocycles. The molecule has 3 heterocycles. The van der Waals surface area contributed by atoms with Crippen LogP contribution in [0.1, 0.15) is 18.7 Å². The average Bonchev–Trinajstić information content (AvgIpc) is 3.06. The first-order valence-electron chi connectivity index (χ1n) is 8.95. The molecule has 4 rings (SSSR count). The summed E-state index contributed by atoms with van der Waals surface area (Å²) in [6.45, 7) is 2.98. The minimum atomic E-state index is -3.12. The summed E-state index contributed by atoms with van der Waals surface area (Å²) in [5.41, 5.74) is 2.28. The number of nitrogens with one attached hydrogen (secondary N) is 1. The van der Waals surface area contributed by atoms with Gasteiger partial charge in [0.05, 0.1) is 11.6 Å². The van der Waals surface area contributed by atoms with Gasteiger partial charge >= 0.3 is 0 Å². The molecule has 27 heavy (non-hydrogen) atoms. The molecular formula is C19H22N4O2S2. The van der Waals surface area contributed by atoms with Crippen molar-refractivity contribution in [2.24, 2.45) is 0 Å². The molecule has 1 fully saturated rings. The molecule has 0 amide bonds. The standard InChI is InChI=1S/C19H22N4O2S2/c1-13-20-18(22-15-8-10-23(11-9-15)27(2,24)25)17-16(12-26-19(17)21-13)14-6-4-3-5-7-14/h3-7,12,15H,8-11H2,1-2H3,(H,20,21,22). The highest BCUT2D eigenvalue weighted by atomic mass is 32.2. The third-order valence-corrected chi connectivity index (χ3v) is 7.07. The lowest BCUT2D eigenvalue weighted by atomic mass is 10.0. The number of hydrogen-bond acceptors (Lipinski definition) is 6. The molecule has 1 aromatic carbocycles. The van der Waals surface area contributed by atoms with Gasteiger partial charge in [0, 0.05) is 30.1 Å². The first-order valence-corrected chi connectivity index (χ1v) is 11.7. The maximum absolute atomic E-state index is 11.7. The highest BCUT2D eigenvalue weighted by Gasteiger charge is 2.26. The van der Waals surface area contributed by atoms with E-state index in [-0.39, 0.29) is 6.04 Å². The van der Waals surface area contributed by atoms with E-state index in [9.17, 15) is 8.42 Å². The van der Waals surface area contributed by atoms with E-state index in [1.54, 1.807) is 15.6 Å². The van der Waals surface area contributed by atoms with Gasteiger partial charge in [0.15, 0.2) is 0 Å². The van der Waals surface area contributed by atoms with Gasteiger partial charge in [0.25, 0.3) is 0 Å². The molecule has 0 unspecified atom stereocenters. The average molecular weight is 403 g/mol. The molecule has 0 atom stereocenters. The molecule has 8 heteroatoms. The molecule has 142 valence electrons. The summed E-state index contributed by atoms with van der Waals surface area (Å²) >= 11 is 1.62. The van der Waals surface area contributed by atoms with Crippen molar-refractivity contribution >= 4 is 37.4 Å². The number of aryl methyl sites for hydroxylation is 1. The van der Waals surface area contributed by atoms with Gasteiger partial charge in [-0.05, 0) is 25.3 Å². The summed E-state index contributed by atoms with van der Waals surface area (Å²) in [5.74, 6) is 1.58. The molecule has 1 aliphatic rings. The van der Waals surface area contributed by atoms with Gasteiger partial charge in [-0.15, -0.1) is 11.3 Å². The number of nitrogens with zero attached hydrogens (tertiary/aromatic N) is 3. The van der Waals surface area contributed by atoms with Crippen LogP contribution in [-0.2, 0) is 10.0 Å². The Labute approximate surface area is 163 Å². The number of thiophene rings is 1. The van der Waals surface area contributed by atoms with Crippen LogP contribution in [0, 0.1) is 6.92 Å². The van der Waals surface area contributed by atoms with Crippen molar-refractivity contribution in [1.29, 1.82) is 0 Å². The van der Waals surface area contributed by atoms with Crippen molar-refractivity contribution < 1.29 is 8.42 Å². The lowest BCUT2D eigenvalue weighted by Crippen LogP contribution is -2.42. The molecule has 1 saturated heterocycles. The number of fused-ring (bicyclic) bond motifs is 1. The zero-order valence-electron chi connectivity index (χ0n) is 15.3. The van der Waals surface area contributed by atoms with Crippen LogP contribution in [-0.4, -0.2) is 48.1 Å². The first kappa shape index (κ1) is 18.3.